The first kappa shape index (κ1) is 11.1. The third kappa shape index (κ3) is 1.75. The van der Waals surface area contributed by atoms with Crippen molar-refractivity contribution in [2.24, 2.45) is 5.92 Å². The van der Waals surface area contributed by atoms with Gasteiger partial charge in [0, 0.05) is 6.04 Å². The molecule has 0 spiro atoms. The first-order valence-corrected chi connectivity index (χ1v) is 6.73. The van der Waals surface area contributed by atoms with Crippen LogP contribution in [0.2, 0.25) is 0 Å². The Morgan fingerprint density at radius 2 is 2.29 bits per heavy atom. The fourth-order valence-electron chi connectivity index (χ4n) is 3.57. The fourth-order valence-corrected chi connectivity index (χ4v) is 3.57. The van der Waals surface area contributed by atoms with Gasteiger partial charge in [-0.05, 0) is 60.9 Å². The zero-order valence-electron chi connectivity index (χ0n) is 10.7. The highest BCUT2D eigenvalue weighted by molar-refractivity contribution is 5.41. The van der Waals surface area contributed by atoms with Crippen LogP contribution in [0.25, 0.3) is 0 Å². The average molecular weight is 231 g/mol. The average Bonchev–Trinajstić information content (AvgIpc) is 2.34. The number of benzene rings is 1. The van der Waals surface area contributed by atoms with Crippen molar-refractivity contribution in [2.45, 2.75) is 38.1 Å². The highest BCUT2D eigenvalue weighted by Gasteiger charge is 2.43. The summed E-state index contributed by atoms with van der Waals surface area (Å²) in [5.74, 6) is 2.68. The van der Waals surface area contributed by atoms with E-state index in [2.05, 4.69) is 30.4 Å². The number of methoxy groups -OCH3 is 1. The van der Waals surface area contributed by atoms with E-state index in [-0.39, 0.29) is 0 Å². The van der Waals surface area contributed by atoms with E-state index in [4.69, 9.17) is 4.74 Å². The van der Waals surface area contributed by atoms with Gasteiger partial charge in [-0.25, -0.2) is 0 Å². The third-order valence-corrected chi connectivity index (χ3v) is 4.50. The SMILES string of the molecule is CCNC1CC2c3ccc(OC)cc3CCC12. The Balaban J connectivity index is 1.81. The number of hydrogen-bond donors (Lipinski definition) is 1. The Morgan fingerprint density at radius 1 is 1.41 bits per heavy atom. The summed E-state index contributed by atoms with van der Waals surface area (Å²) in [6.07, 6.45) is 3.87. The van der Waals surface area contributed by atoms with Crippen molar-refractivity contribution >= 4 is 0 Å². The quantitative estimate of drug-likeness (QED) is 0.863. The van der Waals surface area contributed by atoms with Crippen molar-refractivity contribution in [1.82, 2.24) is 5.32 Å². The van der Waals surface area contributed by atoms with E-state index >= 15 is 0 Å². The maximum absolute atomic E-state index is 5.31. The van der Waals surface area contributed by atoms with Gasteiger partial charge in [0.2, 0.25) is 0 Å². The van der Waals surface area contributed by atoms with Crippen LogP contribution in [0, 0.1) is 5.92 Å². The van der Waals surface area contributed by atoms with E-state index in [1.807, 2.05) is 0 Å². The Hall–Kier alpha value is -1.02. The molecule has 1 aromatic carbocycles. The summed E-state index contributed by atoms with van der Waals surface area (Å²) < 4.78 is 5.31. The van der Waals surface area contributed by atoms with E-state index in [1.54, 1.807) is 12.7 Å². The molecule has 0 aliphatic heterocycles. The predicted octanol–water partition coefficient (Wildman–Crippen LogP) is 2.72. The van der Waals surface area contributed by atoms with Gasteiger partial charge in [0.1, 0.15) is 5.75 Å². The molecule has 0 heterocycles. The Bertz CT molecular complexity index is 415. The van der Waals surface area contributed by atoms with Gasteiger partial charge in [0.15, 0.2) is 0 Å². The van der Waals surface area contributed by atoms with Crippen LogP contribution >= 0.6 is 0 Å². The Morgan fingerprint density at radius 3 is 3.06 bits per heavy atom. The van der Waals surface area contributed by atoms with Crippen LogP contribution in [0.15, 0.2) is 18.2 Å². The fraction of sp³-hybridized carbons (Fsp3) is 0.600. The molecule has 0 saturated heterocycles. The Kier molecular flexibility index (Phi) is 2.83. The molecule has 1 N–H and O–H groups in total. The predicted molar refractivity (Wildman–Crippen MR) is 69.6 cm³/mol. The number of aryl methyl sites for hydroxylation is 1. The number of rotatable bonds is 3. The summed E-state index contributed by atoms with van der Waals surface area (Å²) in [5, 5.41) is 3.61. The van der Waals surface area contributed by atoms with E-state index < -0.39 is 0 Å². The molecule has 2 aliphatic carbocycles. The first-order chi connectivity index (χ1) is 8.33. The van der Waals surface area contributed by atoms with Crippen molar-refractivity contribution in [3.8, 4) is 5.75 Å². The molecule has 0 amide bonds. The zero-order valence-corrected chi connectivity index (χ0v) is 10.7. The summed E-state index contributed by atoms with van der Waals surface area (Å²) in [6, 6.07) is 7.39. The number of ether oxygens (including phenoxy) is 1. The standard InChI is InChI=1S/C15H21NO/c1-3-16-15-9-14-12-7-5-11(17-2)8-10(12)4-6-13(14)15/h5,7-8,13-16H,3-4,6,9H2,1-2H3. The van der Waals surface area contributed by atoms with Crippen LogP contribution in [0.3, 0.4) is 0 Å². The normalized spacial score (nSPS) is 30.1. The summed E-state index contributed by atoms with van der Waals surface area (Å²) in [4.78, 5) is 0. The number of fused-ring (bicyclic) bond motifs is 3. The summed E-state index contributed by atoms with van der Waals surface area (Å²) in [5.41, 5.74) is 3.09. The minimum absolute atomic E-state index is 0.764. The molecular formula is C15H21NO. The van der Waals surface area contributed by atoms with Gasteiger partial charge in [-0.1, -0.05) is 13.0 Å². The molecule has 2 heteroatoms. The molecule has 1 fully saturated rings. The summed E-state index contributed by atoms with van der Waals surface area (Å²) in [6.45, 7) is 3.30. The molecule has 17 heavy (non-hydrogen) atoms. The first-order valence-electron chi connectivity index (χ1n) is 6.73. The van der Waals surface area contributed by atoms with Crippen molar-refractivity contribution in [2.75, 3.05) is 13.7 Å². The molecule has 3 atom stereocenters. The molecule has 3 rings (SSSR count). The maximum Gasteiger partial charge on any atom is 0.119 e. The van der Waals surface area contributed by atoms with Crippen LogP contribution in [-0.2, 0) is 6.42 Å². The lowest BCUT2D eigenvalue weighted by Crippen LogP contribution is -2.50. The van der Waals surface area contributed by atoms with Crippen LogP contribution in [0.1, 0.15) is 36.8 Å². The molecule has 1 aromatic rings. The minimum Gasteiger partial charge on any atom is -0.497 e. The molecular weight excluding hydrogens is 210 g/mol. The monoisotopic (exact) mass is 231 g/mol. The van der Waals surface area contributed by atoms with E-state index in [0.717, 1.165) is 30.2 Å². The van der Waals surface area contributed by atoms with Crippen LogP contribution in [-0.4, -0.2) is 19.7 Å². The second-order valence-corrected chi connectivity index (χ2v) is 5.27. The van der Waals surface area contributed by atoms with E-state index in [1.165, 1.54) is 24.8 Å². The lowest BCUT2D eigenvalue weighted by molar-refractivity contribution is 0.146. The van der Waals surface area contributed by atoms with Crippen molar-refractivity contribution in [1.29, 1.82) is 0 Å². The van der Waals surface area contributed by atoms with Gasteiger partial charge in [0.25, 0.3) is 0 Å². The van der Waals surface area contributed by atoms with Gasteiger partial charge in [-0.15, -0.1) is 0 Å². The van der Waals surface area contributed by atoms with Gasteiger partial charge >= 0.3 is 0 Å². The van der Waals surface area contributed by atoms with Crippen molar-refractivity contribution in [3.05, 3.63) is 29.3 Å². The molecule has 0 aromatic heterocycles. The van der Waals surface area contributed by atoms with Crippen molar-refractivity contribution in [3.63, 3.8) is 0 Å². The minimum atomic E-state index is 0.764. The lowest BCUT2D eigenvalue weighted by Gasteiger charge is -2.49. The van der Waals surface area contributed by atoms with Gasteiger partial charge in [0.05, 0.1) is 7.11 Å². The van der Waals surface area contributed by atoms with E-state index in [9.17, 15) is 0 Å². The second kappa shape index (κ2) is 4.34. The zero-order chi connectivity index (χ0) is 11.8. The number of hydrogen-bond acceptors (Lipinski definition) is 2. The summed E-state index contributed by atoms with van der Waals surface area (Å²) in [7, 11) is 1.75. The van der Waals surface area contributed by atoms with E-state index in [0.29, 0.717) is 0 Å². The third-order valence-electron chi connectivity index (χ3n) is 4.50. The topological polar surface area (TPSA) is 21.3 Å². The highest BCUT2D eigenvalue weighted by Crippen LogP contribution is 2.50. The highest BCUT2D eigenvalue weighted by atomic mass is 16.5. The molecule has 0 bridgehead atoms. The molecule has 2 aliphatic rings. The van der Waals surface area contributed by atoms with Gasteiger partial charge in [-0.3, -0.25) is 0 Å². The Labute approximate surface area is 103 Å². The van der Waals surface area contributed by atoms with Crippen molar-refractivity contribution < 1.29 is 4.74 Å². The largest absolute Gasteiger partial charge is 0.497 e. The summed E-state index contributed by atoms with van der Waals surface area (Å²) >= 11 is 0. The number of nitrogens with one attached hydrogen (secondary N) is 1. The second-order valence-electron chi connectivity index (χ2n) is 5.27. The lowest BCUT2D eigenvalue weighted by atomic mass is 9.60. The molecule has 0 radical (unpaired) electrons. The molecule has 1 saturated carbocycles. The van der Waals surface area contributed by atoms with Gasteiger partial charge < -0.3 is 10.1 Å². The smallest absolute Gasteiger partial charge is 0.119 e. The van der Waals surface area contributed by atoms with Crippen LogP contribution in [0.5, 0.6) is 5.75 Å². The maximum atomic E-state index is 5.31. The van der Waals surface area contributed by atoms with Crippen LogP contribution in [0.4, 0.5) is 0 Å². The van der Waals surface area contributed by atoms with Gasteiger partial charge in [-0.2, -0.15) is 0 Å². The molecule has 3 unspecified atom stereocenters. The van der Waals surface area contributed by atoms with Crippen LogP contribution < -0.4 is 10.1 Å². The molecule has 2 nitrogen and oxygen atoms in total. The molecule has 92 valence electrons.